The highest BCUT2D eigenvalue weighted by atomic mass is 16.5. The topological polar surface area (TPSA) is 93.1 Å². The average Bonchev–Trinajstić information content (AvgIpc) is 3.14. The van der Waals surface area contributed by atoms with Crippen LogP contribution in [0.3, 0.4) is 0 Å². The van der Waals surface area contributed by atoms with Crippen LogP contribution in [0, 0.1) is 13.8 Å². The molecule has 1 fully saturated rings. The summed E-state index contributed by atoms with van der Waals surface area (Å²) in [6, 6.07) is 17.9. The molecule has 1 atom stereocenters. The smallest absolute Gasteiger partial charge is 0.338 e. The lowest BCUT2D eigenvalue weighted by Gasteiger charge is -2.26. The molecule has 1 heterocycles. The number of carbonyl (C=O) groups is 3. The van der Waals surface area contributed by atoms with E-state index in [2.05, 4.69) is 0 Å². The molecule has 1 saturated heterocycles. The number of methoxy groups -OCH3 is 1. The first kappa shape index (κ1) is 24.7. The van der Waals surface area contributed by atoms with Crippen LogP contribution in [0.15, 0.2) is 72.3 Å². The average molecular weight is 486 g/mol. The van der Waals surface area contributed by atoms with E-state index in [9.17, 15) is 19.5 Å². The molecule has 1 unspecified atom stereocenters. The van der Waals surface area contributed by atoms with E-state index in [0.29, 0.717) is 28.1 Å². The molecule has 1 N–H and O–H groups in total. The van der Waals surface area contributed by atoms with Crippen molar-refractivity contribution in [3.05, 3.63) is 100 Å². The number of hydrogen-bond acceptors (Lipinski definition) is 6. The zero-order valence-electron chi connectivity index (χ0n) is 20.6. The van der Waals surface area contributed by atoms with Crippen LogP contribution in [0.25, 0.3) is 5.76 Å². The van der Waals surface area contributed by atoms with E-state index in [1.807, 2.05) is 38.1 Å². The van der Waals surface area contributed by atoms with Gasteiger partial charge in [-0.3, -0.25) is 14.5 Å². The SMILES string of the molecule is CCOC(=O)c1ccc(N2C(=O)C(=O)/C(=C(\O)c3ccc(OC)c(C)c3)C2c2cccc(C)c2)cc1. The summed E-state index contributed by atoms with van der Waals surface area (Å²) in [5.74, 6) is -1.66. The number of benzene rings is 3. The fourth-order valence-corrected chi connectivity index (χ4v) is 4.41. The second-order valence-electron chi connectivity index (χ2n) is 8.53. The number of ether oxygens (including phenoxy) is 2. The van der Waals surface area contributed by atoms with Crippen molar-refractivity contribution < 1.29 is 29.0 Å². The summed E-state index contributed by atoms with van der Waals surface area (Å²) in [5, 5.41) is 11.3. The number of aliphatic hydroxyl groups is 1. The van der Waals surface area contributed by atoms with Gasteiger partial charge in [0.15, 0.2) is 0 Å². The maximum absolute atomic E-state index is 13.3. The zero-order chi connectivity index (χ0) is 26.0. The predicted molar refractivity (Wildman–Crippen MR) is 136 cm³/mol. The standard InChI is InChI=1S/C29H27NO6/c1-5-36-29(34)19-9-12-22(13-10-19)30-25(20-8-6-7-17(2)15-20)24(27(32)28(30)33)26(31)21-11-14-23(35-4)18(3)16-21/h6-16,25,31H,5H2,1-4H3/b26-24-. The lowest BCUT2D eigenvalue weighted by Crippen LogP contribution is -2.29. The third-order valence-corrected chi connectivity index (χ3v) is 6.13. The quantitative estimate of drug-likeness (QED) is 0.226. The van der Waals surface area contributed by atoms with Gasteiger partial charge in [0.05, 0.1) is 30.9 Å². The van der Waals surface area contributed by atoms with E-state index >= 15 is 0 Å². The first-order valence-corrected chi connectivity index (χ1v) is 11.6. The Morgan fingerprint density at radius 2 is 1.67 bits per heavy atom. The Morgan fingerprint density at radius 3 is 2.28 bits per heavy atom. The molecule has 3 aromatic rings. The number of aliphatic hydroxyl groups excluding tert-OH is 1. The van der Waals surface area contributed by atoms with E-state index in [4.69, 9.17) is 9.47 Å². The lowest BCUT2D eigenvalue weighted by molar-refractivity contribution is -0.132. The Balaban J connectivity index is 1.87. The number of aryl methyl sites for hydroxylation is 2. The number of Topliss-reactive ketones (excluding diaryl/α,β-unsaturated/α-hetero) is 1. The maximum atomic E-state index is 13.3. The summed E-state index contributed by atoms with van der Waals surface area (Å²) in [6.07, 6.45) is 0. The van der Waals surface area contributed by atoms with Gasteiger partial charge in [-0.1, -0.05) is 29.8 Å². The highest BCUT2D eigenvalue weighted by Gasteiger charge is 2.47. The Bertz CT molecular complexity index is 1370. The first-order valence-electron chi connectivity index (χ1n) is 11.6. The monoisotopic (exact) mass is 485 g/mol. The molecule has 7 heteroatoms. The van der Waals surface area contributed by atoms with Gasteiger partial charge >= 0.3 is 5.97 Å². The van der Waals surface area contributed by atoms with Gasteiger partial charge in [-0.2, -0.15) is 0 Å². The number of esters is 1. The van der Waals surface area contributed by atoms with Crippen LogP contribution in [-0.2, 0) is 14.3 Å². The fraction of sp³-hybridized carbons (Fsp3) is 0.207. The highest BCUT2D eigenvalue weighted by molar-refractivity contribution is 6.51. The number of nitrogens with zero attached hydrogens (tertiary/aromatic N) is 1. The summed E-state index contributed by atoms with van der Waals surface area (Å²) < 4.78 is 10.3. The lowest BCUT2D eigenvalue weighted by atomic mass is 9.93. The highest BCUT2D eigenvalue weighted by Crippen LogP contribution is 2.42. The summed E-state index contributed by atoms with van der Waals surface area (Å²) in [4.78, 5) is 40.1. The molecule has 36 heavy (non-hydrogen) atoms. The van der Waals surface area contributed by atoms with E-state index in [1.165, 1.54) is 4.90 Å². The van der Waals surface area contributed by atoms with Crippen molar-refractivity contribution in [2.24, 2.45) is 0 Å². The number of anilines is 1. The molecular weight excluding hydrogens is 458 g/mol. The largest absolute Gasteiger partial charge is 0.507 e. The van der Waals surface area contributed by atoms with Crippen LogP contribution in [-0.4, -0.2) is 36.5 Å². The fourth-order valence-electron chi connectivity index (χ4n) is 4.41. The van der Waals surface area contributed by atoms with E-state index in [0.717, 1.165) is 11.1 Å². The number of carbonyl (C=O) groups excluding carboxylic acids is 3. The Labute approximate surface area is 209 Å². The summed E-state index contributed by atoms with van der Waals surface area (Å²) in [5.41, 5.74) is 3.54. The number of amides is 1. The molecule has 0 bridgehead atoms. The van der Waals surface area contributed by atoms with Crippen LogP contribution >= 0.6 is 0 Å². The van der Waals surface area contributed by atoms with Crippen molar-refractivity contribution in [2.75, 3.05) is 18.6 Å². The predicted octanol–water partition coefficient (Wildman–Crippen LogP) is 5.12. The van der Waals surface area contributed by atoms with Gasteiger partial charge in [0.1, 0.15) is 11.5 Å². The van der Waals surface area contributed by atoms with Crippen LogP contribution in [0.4, 0.5) is 5.69 Å². The van der Waals surface area contributed by atoms with Gasteiger partial charge in [0.25, 0.3) is 11.7 Å². The minimum Gasteiger partial charge on any atom is -0.507 e. The first-order chi connectivity index (χ1) is 17.3. The minimum absolute atomic E-state index is 0.00960. The van der Waals surface area contributed by atoms with Crippen molar-refractivity contribution >= 4 is 29.1 Å². The van der Waals surface area contributed by atoms with Crippen LogP contribution in [0.5, 0.6) is 5.75 Å². The summed E-state index contributed by atoms with van der Waals surface area (Å²) >= 11 is 0. The number of hydrogen-bond donors (Lipinski definition) is 1. The van der Waals surface area contributed by atoms with Crippen molar-refractivity contribution in [1.82, 2.24) is 0 Å². The minimum atomic E-state index is -0.860. The summed E-state index contributed by atoms with van der Waals surface area (Å²) in [7, 11) is 1.55. The molecule has 1 amide bonds. The Morgan fingerprint density at radius 1 is 0.972 bits per heavy atom. The van der Waals surface area contributed by atoms with E-state index in [-0.39, 0.29) is 17.9 Å². The molecule has 4 rings (SSSR count). The van der Waals surface area contributed by atoms with Gasteiger partial charge in [-0.05, 0) is 74.4 Å². The normalized spacial score (nSPS) is 16.8. The molecule has 0 aromatic heterocycles. The van der Waals surface area contributed by atoms with Gasteiger partial charge < -0.3 is 14.6 Å². The van der Waals surface area contributed by atoms with Crippen LogP contribution < -0.4 is 9.64 Å². The Kier molecular flexibility index (Phi) is 6.92. The van der Waals surface area contributed by atoms with Gasteiger partial charge in [-0.25, -0.2) is 4.79 Å². The molecule has 1 aliphatic rings. The molecule has 184 valence electrons. The van der Waals surface area contributed by atoms with Gasteiger partial charge in [0.2, 0.25) is 0 Å². The van der Waals surface area contributed by atoms with Gasteiger partial charge in [-0.15, -0.1) is 0 Å². The molecule has 3 aromatic carbocycles. The Hall–Kier alpha value is -4.39. The molecule has 0 aliphatic carbocycles. The zero-order valence-corrected chi connectivity index (χ0v) is 20.6. The molecule has 0 spiro atoms. The molecule has 0 radical (unpaired) electrons. The van der Waals surface area contributed by atoms with Crippen LogP contribution in [0.2, 0.25) is 0 Å². The van der Waals surface area contributed by atoms with Crippen molar-refractivity contribution in [1.29, 1.82) is 0 Å². The van der Waals surface area contributed by atoms with Gasteiger partial charge in [0, 0.05) is 11.3 Å². The number of ketones is 1. The number of rotatable bonds is 6. The van der Waals surface area contributed by atoms with Crippen molar-refractivity contribution in [3.8, 4) is 5.75 Å². The molecular formula is C29H27NO6. The van der Waals surface area contributed by atoms with E-state index < -0.39 is 23.7 Å². The van der Waals surface area contributed by atoms with Crippen LogP contribution in [0.1, 0.15) is 45.6 Å². The molecule has 7 nitrogen and oxygen atoms in total. The van der Waals surface area contributed by atoms with Crippen molar-refractivity contribution in [3.63, 3.8) is 0 Å². The third kappa shape index (κ3) is 4.47. The second kappa shape index (κ2) is 10.1. The molecule has 1 aliphatic heterocycles. The van der Waals surface area contributed by atoms with Crippen molar-refractivity contribution in [2.45, 2.75) is 26.8 Å². The summed E-state index contributed by atoms with van der Waals surface area (Å²) in [6.45, 7) is 5.71. The maximum Gasteiger partial charge on any atom is 0.338 e. The molecule has 0 saturated carbocycles. The van der Waals surface area contributed by atoms with E-state index in [1.54, 1.807) is 56.5 Å². The third-order valence-electron chi connectivity index (χ3n) is 6.13. The second-order valence-corrected chi connectivity index (χ2v) is 8.53.